The molecule has 0 atom stereocenters. The molecule has 1 N–H and O–H groups in total. The van der Waals surface area contributed by atoms with Gasteiger partial charge in [0.15, 0.2) is 5.16 Å². The Bertz CT molecular complexity index is 574. The van der Waals surface area contributed by atoms with Crippen molar-refractivity contribution in [3.8, 4) is 0 Å². The molecule has 5 nitrogen and oxygen atoms in total. The minimum Gasteiger partial charge on any atom is -0.396 e. The quantitative estimate of drug-likeness (QED) is 0.789. The molecule has 3 rings (SSSR count). The molecule has 1 aliphatic rings. The summed E-state index contributed by atoms with van der Waals surface area (Å²) in [5, 5.41) is 21.0. The molecule has 1 saturated heterocycles. The number of nitrogens with zero attached hydrogens (tertiary/aromatic N) is 3. The average molecular weight is 325 g/mol. The highest BCUT2D eigenvalue weighted by Gasteiger charge is 2.38. The summed E-state index contributed by atoms with van der Waals surface area (Å²) in [7, 11) is 0. The molecule has 0 radical (unpaired) electrons. The van der Waals surface area contributed by atoms with Gasteiger partial charge in [-0.1, -0.05) is 17.8 Å². The maximum absolute atomic E-state index is 9.48. The van der Waals surface area contributed by atoms with Crippen molar-refractivity contribution in [1.29, 1.82) is 0 Å². The molecule has 0 aliphatic carbocycles. The van der Waals surface area contributed by atoms with E-state index in [1.165, 1.54) is 4.88 Å². The van der Waals surface area contributed by atoms with E-state index in [9.17, 15) is 5.11 Å². The molecule has 1 fully saturated rings. The number of rotatable bonds is 7. The first kappa shape index (κ1) is 15.0. The summed E-state index contributed by atoms with van der Waals surface area (Å²) in [6.45, 7) is 4.32. The van der Waals surface area contributed by atoms with Crippen LogP contribution in [0.2, 0.25) is 0 Å². The molecule has 0 bridgehead atoms. The van der Waals surface area contributed by atoms with Gasteiger partial charge in [0.25, 0.3) is 0 Å². The number of thioether (sulfide) groups is 1. The van der Waals surface area contributed by atoms with Gasteiger partial charge in [-0.05, 0) is 24.8 Å². The van der Waals surface area contributed by atoms with E-state index in [4.69, 9.17) is 4.74 Å². The highest BCUT2D eigenvalue weighted by atomic mass is 32.2. The number of aromatic nitrogens is 3. The Kier molecular flexibility index (Phi) is 4.63. The molecular weight excluding hydrogens is 306 g/mol. The van der Waals surface area contributed by atoms with Crippen molar-refractivity contribution < 1.29 is 9.84 Å². The highest BCUT2D eigenvalue weighted by Crippen LogP contribution is 2.33. The van der Waals surface area contributed by atoms with Crippen LogP contribution in [0.3, 0.4) is 0 Å². The monoisotopic (exact) mass is 325 g/mol. The Hall–Kier alpha value is -0.890. The second-order valence-corrected chi connectivity index (χ2v) is 7.43. The zero-order chi connectivity index (χ0) is 14.7. The number of hydrogen-bond donors (Lipinski definition) is 1. The SMILES string of the molecule is Cc1nnc(SCC2(CO)COC2)n1CCc1cccs1. The lowest BCUT2D eigenvalue weighted by Crippen LogP contribution is -2.47. The number of aryl methyl sites for hydroxylation is 2. The fourth-order valence-corrected chi connectivity index (χ4v) is 4.10. The summed E-state index contributed by atoms with van der Waals surface area (Å²) >= 11 is 3.45. The third-order valence-electron chi connectivity index (χ3n) is 3.72. The topological polar surface area (TPSA) is 60.2 Å². The molecule has 0 aromatic carbocycles. The number of hydrogen-bond acceptors (Lipinski definition) is 6. The largest absolute Gasteiger partial charge is 0.396 e. The highest BCUT2D eigenvalue weighted by molar-refractivity contribution is 7.99. The van der Waals surface area contributed by atoms with Crippen LogP contribution in [0.5, 0.6) is 0 Å². The standard InChI is InChI=1S/C14H19N3O2S2/c1-11-15-16-13(21-10-14(7-18)8-19-9-14)17(11)5-4-12-3-2-6-20-12/h2-3,6,18H,4-5,7-10H2,1H3. The van der Waals surface area contributed by atoms with Crippen LogP contribution in [0.25, 0.3) is 0 Å². The Morgan fingerprint density at radius 1 is 1.48 bits per heavy atom. The minimum absolute atomic E-state index is 0.0941. The van der Waals surface area contributed by atoms with Gasteiger partial charge >= 0.3 is 0 Å². The molecule has 2 aromatic heterocycles. The van der Waals surface area contributed by atoms with Crippen LogP contribution in [0, 0.1) is 12.3 Å². The van der Waals surface area contributed by atoms with Crippen LogP contribution in [0.4, 0.5) is 0 Å². The van der Waals surface area contributed by atoms with Crippen molar-refractivity contribution in [2.75, 3.05) is 25.6 Å². The third kappa shape index (κ3) is 3.31. The van der Waals surface area contributed by atoms with Gasteiger partial charge in [-0.15, -0.1) is 21.5 Å². The molecule has 0 saturated carbocycles. The second kappa shape index (κ2) is 6.48. The number of ether oxygens (including phenoxy) is 1. The Morgan fingerprint density at radius 3 is 2.95 bits per heavy atom. The zero-order valence-electron chi connectivity index (χ0n) is 12.0. The van der Waals surface area contributed by atoms with E-state index in [1.54, 1.807) is 23.1 Å². The van der Waals surface area contributed by atoms with Gasteiger partial charge < -0.3 is 14.4 Å². The first-order valence-corrected chi connectivity index (χ1v) is 8.83. The van der Waals surface area contributed by atoms with Crippen LogP contribution in [-0.4, -0.2) is 45.4 Å². The Labute approximate surface area is 132 Å². The van der Waals surface area contributed by atoms with Crippen molar-refractivity contribution in [2.24, 2.45) is 5.41 Å². The fourth-order valence-electron chi connectivity index (χ4n) is 2.23. The van der Waals surface area contributed by atoms with Crippen LogP contribution in [-0.2, 0) is 17.7 Å². The normalized spacial score (nSPS) is 16.9. The first-order valence-electron chi connectivity index (χ1n) is 6.96. The van der Waals surface area contributed by atoms with Crippen LogP contribution < -0.4 is 0 Å². The second-order valence-electron chi connectivity index (χ2n) is 5.45. The summed E-state index contributed by atoms with van der Waals surface area (Å²) < 4.78 is 7.40. The maximum Gasteiger partial charge on any atom is 0.191 e. The zero-order valence-corrected chi connectivity index (χ0v) is 13.6. The summed E-state index contributed by atoms with van der Waals surface area (Å²) in [6.07, 6.45) is 0.998. The van der Waals surface area contributed by atoms with Gasteiger partial charge in [-0.2, -0.15) is 0 Å². The minimum atomic E-state index is -0.0941. The lowest BCUT2D eigenvalue weighted by molar-refractivity contribution is -0.121. The van der Waals surface area contributed by atoms with E-state index in [1.807, 2.05) is 6.92 Å². The molecule has 0 spiro atoms. The van der Waals surface area contributed by atoms with E-state index < -0.39 is 0 Å². The van der Waals surface area contributed by atoms with Gasteiger partial charge in [0.2, 0.25) is 0 Å². The van der Waals surface area contributed by atoms with E-state index >= 15 is 0 Å². The fraction of sp³-hybridized carbons (Fsp3) is 0.571. The van der Waals surface area contributed by atoms with E-state index in [-0.39, 0.29) is 12.0 Å². The third-order valence-corrected chi connectivity index (χ3v) is 5.98. The predicted molar refractivity (Wildman–Crippen MR) is 83.8 cm³/mol. The van der Waals surface area contributed by atoms with Crippen molar-refractivity contribution >= 4 is 23.1 Å². The van der Waals surface area contributed by atoms with Crippen LogP contribution >= 0.6 is 23.1 Å². The van der Waals surface area contributed by atoms with E-state index in [0.29, 0.717) is 13.2 Å². The number of aliphatic hydroxyl groups is 1. The van der Waals surface area contributed by atoms with Gasteiger partial charge in [-0.25, -0.2) is 0 Å². The van der Waals surface area contributed by atoms with E-state index in [2.05, 4.69) is 32.3 Å². The van der Waals surface area contributed by atoms with Gasteiger partial charge in [0, 0.05) is 22.6 Å². The summed E-state index contributed by atoms with van der Waals surface area (Å²) in [5.74, 6) is 1.76. The first-order chi connectivity index (χ1) is 10.2. The molecule has 21 heavy (non-hydrogen) atoms. The summed E-state index contributed by atoms with van der Waals surface area (Å²) in [4.78, 5) is 1.37. The lowest BCUT2D eigenvalue weighted by atomic mass is 9.90. The smallest absolute Gasteiger partial charge is 0.191 e. The molecule has 114 valence electrons. The molecule has 0 amide bonds. The molecule has 3 heterocycles. The van der Waals surface area contributed by atoms with Gasteiger partial charge in [0.1, 0.15) is 5.82 Å². The van der Waals surface area contributed by atoms with Crippen molar-refractivity contribution in [3.63, 3.8) is 0 Å². The van der Waals surface area contributed by atoms with Crippen molar-refractivity contribution in [1.82, 2.24) is 14.8 Å². The van der Waals surface area contributed by atoms with Crippen LogP contribution in [0.1, 0.15) is 10.7 Å². The number of aliphatic hydroxyl groups excluding tert-OH is 1. The lowest BCUT2D eigenvalue weighted by Gasteiger charge is -2.39. The summed E-state index contributed by atoms with van der Waals surface area (Å²) in [6, 6.07) is 4.24. The molecular formula is C14H19N3O2S2. The average Bonchev–Trinajstić information content (AvgIpc) is 3.06. The van der Waals surface area contributed by atoms with Crippen molar-refractivity contribution in [3.05, 3.63) is 28.2 Å². The van der Waals surface area contributed by atoms with Gasteiger partial charge in [-0.3, -0.25) is 0 Å². The Morgan fingerprint density at radius 2 is 2.33 bits per heavy atom. The molecule has 2 aromatic rings. The van der Waals surface area contributed by atoms with E-state index in [0.717, 1.165) is 29.7 Å². The molecule has 1 aliphatic heterocycles. The maximum atomic E-state index is 9.48. The van der Waals surface area contributed by atoms with Gasteiger partial charge in [0.05, 0.1) is 19.8 Å². The molecule has 0 unspecified atom stereocenters. The van der Waals surface area contributed by atoms with Crippen LogP contribution in [0.15, 0.2) is 22.7 Å². The Balaban J connectivity index is 1.62. The predicted octanol–water partition coefficient (Wildman–Crippen LogP) is 1.99. The number of thiophene rings is 1. The summed E-state index contributed by atoms with van der Waals surface area (Å²) in [5.41, 5.74) is -0.0941. The molecule has 7 heteroatoms. The van der Waals surface area contributed by atoms with Crippen molar-refractivity contribution in [2.45, 2.75) is 25.0 Å².